The summed E-state index contributed by atoms with van der Waals surface area (Å²) in [6.07, 6.45) is 15.8. The molecule has 14 rings (SSSR count). The first kappa shape index (κ1) is 34.5. The van der Waals surface area contributed by atoms with E-state index < -0.39 is 0 Å². The predicted molar refractivity (Wildman–Crippen MR) is 246 cm³/mol. The second kappa shape index (κ2) is 13.3. The van der Waals surface area contributed by atoms with Gasteiger partial charge in [0.05, 0.1) is 5.69 Å². The van der Waals surface area contributed by atoms with Crippen LogP contribution in [-0.2, 0) is 5.41 Å². The second-order valence-corrected chi connectivity index (χ2v) is 18.4. The highest BCUT2D eigenvalue weighted by atomic mass is 16.5. The van der Waals surface area contributed by atoms with Crippen molar-refractivity contribution in [2.24, 2.45) is 23.7 Å². The summed E-state index contributed by atoms with van der Waals surface area (Å²) in [5.74, 6) is 4.46. The van der Waals surface area contributed by atoms with Crippen LogP contribution in [0, 0.1) is 23.7 Å². The minimum atomic E-state index is 0.0496. The Balaban J connectivity index is 0.970. The third-order valence-corrected chi connectivity index (χ3v) is 15.4. The van der Waals surface area contributed by atoms with Crippen LogP contribution >= 0.6 is 0 Å². The largest absolute Gasteiger partial charge is 0.485 e. The van der Waals surface area contributed by atoms with Crippen LogP contribution in [-0.4, -0.2) is 6.10 Å². The van der Waals surface area contributed by atoms with Gasteiger partial charge in [0.15, 0.2) is 0 Å². The summed E-state index contributed by atoms with van der Waals surface area (Å²) in [7, 11) is 0. The summed E-state index contributed by atoms with van der Waals surface area (Å²) < 4.78 is 6.46. The van der Waals surface area contributed by atoms with Crippen LogP contribution in [0.3, 0.4) is 0 Å². The van der Waals surface area contributed by atoms with E-state index in [-0.39, 0.29) is 17.4 Å². The molecule has 2 atom stereocenters. The molecule has 60 heavy (non-hydrogen) atoms. The number of anilines is 3. The van der Waals surface area contributed by atoms with Crippen LogP contribution in [0.4, 0.5) is 17.1 Å². The van der Waals surface area contributed by atoms with Gasteiger partial charge in [-0.25, -0.2) is 0 Å². The molecule has 4 fully saturated rings. The Morgan fingerprint density at radius 2 is 1.12 bits per heavy atom. The van der Waals surface area contributed by atoms with Crippen LogP contribution in [0.5, 0.6) is 5.75 Å². The summed E-state index contributed by atoms with van der Waals surface area (Å²) >= 11 is 0. The van der Waals surface area contributed by atoms with Crippen LogP contribution in [0.1, 0.15) is 54.7 Å². The monoisotopic (exact) mass is 773 g/mol. The van der Waals surface area contributed by atoms with E-state index in [0.29, 0.717) is 0 Å². The zero-order valence-corrected chi connectivity index (χ0v) is 33.8. The Labute approximate surface area is 353 Å². The van der Waals surface area contributed by atoms with Crippen molar-refractivity contribution < 1.29 is 4.74 Å². The van der Waals surface area contributed by atoms with E-state index in [1.807, 2.05) is 0 Å². The van der Waals surface area contributed by atoms with Crippen molar-refractivity contribution >= 4 is 17.1 Å². The molecule has 290 valence electrons. The molecule has 1 heterocycles. The fraction of sp³-hybridized carbons (Fsp3) is 0.207. The minimum Gasteiger partial charge on any atom is -0.485 e. The van der Waals surface area contributed by atoms with Crippen LogP contribution < -0.4 is 9.64 Å². The average Bonchev–Trinajstić information content (AvgIpc) is 3.83. The van der Waals surface area contributed by atoms with Crippen molar-refractivity contribution in [1.82, 2.24) is 0 Å². The normalized spacial score (nSPS) is 25.7. The van der Waals surface area contributed by atoms with Crippen molar-refractivity contribution in [1.29, 1.82) is 0 Å². The molecule has 7 aromatic carbocycles. The van der Waals surface area contributed by atoms with Crippen molar-refractivity contribution in [3.05, 3.63) is 205 Å². The maximum Gasteiger partial charge on any atom is 0.128 e. The summed E-state index contributed by atoms with van der Waals surface area (Å²) in [5, 5.41) is 0. The minimum absolute atomic E-state index is 0.0496. The highest BCUT2D eigenvalue weighted by Crippen LogP contribution is 2.70. The lowest BCUT2D eigenvalue weighted by Gasteiger charge is -2.61. The van der Waals surface area contributed by atoms with Gasteiger partial charge >= 0.3 is 0 Å². The molecule has 1 spiro atoms. The molecule has 0 N–H and O–H groups in total. The fourth-order valence-electron chi connectivity index (χ4n) is 13.3. The summed E-state index contributed by atoms with van der Waals surface area (Å²) in [4.78, 5) is 2.55. The van der Waals surface area contributed by atoms with Gasteiger partial charge in [-0.05, 0) is 148 Å². The first-order valence-corrected chi connectivity index (χ1v) is 22.3. The van der Waals surface area contributed by atoms with Crippen molar-refractivity contribution in [3.63, 3.8) is 0 Å². The van der Waals surface area contributed by atoms with Gasteiger partial charge in [0.2, 0.25) is 0 Å². The van der Waals surface area contributed by atoms with E-state index in [1.165, 1.54) is 93.5 Å². The molecule has 2 unspecified atom stereocenters. The molecule has 0 amide bonds. The van der Waals surface area contributed by atoms with Gasteiger partial charge in [0.1, 0.15) is 11.9 Å². The Morgan fingerprint density at radius 3 is 1.93 bits per heavy atom. The van der Waals surface area contributed by atoms with E-state index in [4.69, 9.17) is 4.74 Å². The molecule has 0 radical (unpaired) electrons. The van der Waals surface area contributed by atoms with Gasteiger partial charge in [0, 0.05) is 33.8 Å². The molecular formula is C58H47NO. The second-order valence-electron chi connectivity index (χ2n) is 18.4. The fourth-order valence-corrected chi connectivity index (χ4v) is 13.3. The lowest BCUT2D eigenvalue weighted by Crippen LogP contribution is -2.55. The number of hydrogen-bond donors (Lipinski definition) is 0. The first-order valence-electron chi connectivity index (χ1n) is 22.3. The molecule has 0 saturated heterocycles. The number of nitrogens with zero attached hydrogens (tertiary/aromatic N) is 1. The van der Waals surface area contributed by atoms with E-state index in [1.54, 1.807) is 11.1 Å². The van der Waals surface area contributed by atoms with Gasteiger partial charge in [-0.3, -0.25) is 0 Å². The van der Waals surface area contributed by atoms with E-state index in [0.717, 1.165) is 35.1 Å². The van der Waals surface area contributed by atoms with E-state index in [2.05, 4.69) is 193 Å². The van der Waals surface area contributed by atoms with Gasteiger partial charge in [-0.1, -0.05) is 146 Å². The van der Waals surface area contributed by atoms with Crippen LogP contribution in [0.25, 0.3) is 44.5 Å². The van der Waals surface area contributed by atoms with Gasteiger partial charge in [-0.15, -0.1) is 0 Å². The Bertz CT molecular complexity index is 2850. The predicted octanol–water partition coefficient (Wildman–Crippen LogP) is 14.9. The van der Waals surface area contributed by atoms with Crippen LogP contribution in [0.2, 0.25) is 0 Å². The zero-order valence-electron chi connectivity index (χ0n) is 33.8. The molecule has 4 saturated carbocycles. The van der Waals surface area contributed by atoms with Crippen molar-refractivity contribution in [2.45, 2.75) is 49.5 Å². The average molecular weight is 774 g/mol. The number of allylic oxidation sites excluding steroid dienone is 2. The molecule has 0 aromatic heterocycles. The van der Waals surface area contributed by atoms with Gasteiger partial charge in [-0.2, -0.15) is 0 Å². The first-order chi connectivity index (χ1) is 29.7. The molecule has 2 heteroatoms. The van der Waals surface area contributed by atoms with Gasteiger partial charge in [0.25, 0.3) is 0 Å². The van der Waals surface area contributed by atoms with Gasteiger partial charge < -0.3 is 9.64 Å². The Hall–Kier alpha value is -6.38. The third kappa shape index (κ3) is 5.00. The smallest absolute Gasteiger partial charge is 0.128 e. The molecule has 1 aliphatic heterocycles. The highest BCUT2D eigenvalue weighted by molar-refractivity contribution is 5.96. The Kier molecular flexibility index (Phi) is 7.65. The van der Waals surface area contributed by atoms with E-state index in [9.17, 15) is 0 Å². The maximum atomic E-state index is 6.46. The standard InChI is InChI=1S/C58H47NO/c1-2-13-39(14-3-1)41-15-10-16-45(36-41)59(53-24-12-23-52-57(53)49-19-6-8-22-51(49)58(52)42-32-37-31-38(34-42)35-43(58)33-37)44-29-27-40(28-30-44)46-17-4-5-18-47(46)48-21-11-26-55-56(48)50-20-7-9-25-54(50)60-55/h1-30,36-38,42-43,50,54H,31-35H2. The maximum absolute atomic E-state index is 6.46. The summed E-state index contributed by atoms with van der Waals surface area (Å²) in [6, 6.07) is 61.6. The quantitative estimate of drug-likeness (QED) is 0.167. The molecule has 2 nitrogen and oxygen atoms in total. The lowest BCUT2D eigenvalue weighted by atomic mass is 9.43. The number of benzene rings is 7. The summed E-state index contributed by atoms with van der Waals surface area (Å²) in [5.41, 5.74) is 18.4. The van der Waals surface area contributed by atoms with Crippen LogP contribution in [0.15, 0.2) is 188 Å². The molecule has 7 aliphatic rings. The molecular weight excluding hydrogens is 727 g/mol. The van der Waals surface area contributed by atoms with Crippen molar-refractivity contribution in [3.8, 4) is 50.3 Å². The number of fused-ring (bicyclic) bond motifs is 6. The third-order valence-electron chi connectivity index (χ3n) is 15.4. The molecule has 4 bridgehead atoms. The number of ether oxygens (including phenoxy) is 1. The molecule has 7 aromatic rings. The Morgan fingerprint density at radius 1 is 0.467 bits per heavy atom. The molecule has 6 aliphatic carbocycles. The lowest BCUT2D eigenvalue weighted by molar-refractivity contribution is -0.0399. The SMILES string of the molecule is C1=CC2Oc3cccc(-c4ccccc4-c4ccc(N(c5cccc(-c6ccccc6)c5)c5cccc6c5-c5ccccc5C65C6CC7CC(C6)CC5C7)cc4)c3C2C=C1. The number of hydrogen-bond acceptors (Lipinski definition) is 2. The van der Waals surface area contributed by atoms with Crippen molar-refractivity contribution in [2.75, 3.05) is 4.90 Å². The highest BCUT2D eigenvalue weighted by Gasteiger charge is 2.61. The topological polar surface area (TPSA) is 12.5 Å². The summed E-state index contributed by atoms with van der Waals surface area (Å²) in [6.45, 7) is 0. The zero-order chi connectivity index (χ0) is 39.4. The van der Waals surface area contributed by atoms with E-state index >= 15 is 0 Å². The number of rotatable bonds is 6.